The van der Waals surface area contributed by atoms with Gasteiger partial charge in [0.05, 0.1) is 29.5 Å². The third-order valence-electron chi connectivity index (χ3n) is 2.95. The molecule has 0 aliphatic carbocycles. The van der Waals surface area contributed by atoms with Crippen LogP contribution >= 0.6 is 11.6 Å². The largest absolute Gasteiger partial charge is 0.392 e. The Morgan fingerprint density at radius 3 is 2.53 bits per heavy atom. The van der Waals surface area contributed by atoms with Crippen molar-refractivity contribution in [1.29, 1.82) is 0 Å². The summed E-state index contributed by atoms with van der Waals surface area (Å²) in [5.74, 6) is 0. The van der Waals surface area contributed by atoms with E-state index in [1.807, 2.05) is 18.2 Å². The van der Waals surface area contributed by atoms with Gasteiger partial charge in [0.15, 0.2) is 0 Å². The molecule has 2 unspecified atom stereocenters. The molecule has 0 bridgehead atoms. The van der Waals surface area contributed by atoms with Gasteiger partial charge in [-0.15, -0.1) is 0 Å². The fourth-order valence-corrected chi connectivity index (χ4v) is 2.60. The number of morpholine rings is 1. The second-order valence-electron chi connectivity index (χ2n) is 4.61. The smallest absolute Gasteiger partial charge is 0.0726 e. The number of hydrogen-bond donors (Lipinski definition) is 1. The van der Waals surface area contributed by atoms with E-state index in [-0.39, 0.29) is 18.8 Å². The number of aliphatic hydroxyl groups excluding tert-OH is 1. The van der Waals surface area contributed by atoms with Crippen molar-refractivity contribution < 1.29 is 9.84 Å². The summed E-state index contributed by atoms with van der Waals surface area (Å²) in [4.78, 5) is 2.24. The molecule has 2 atom stereocenters. The summed E-state index contributed by atoms with van der Waals surface area (Å²) in [5, 5.41) is 9.75. The Morgan fingerprint density at radius 1 is 1.35 bits per heavy atom. The summed E-state index contributed by atoms with van der Waals surface area (Å²) in [6, 6.07) is 5.70. The number of halogens is 1. The maximum absolute atomic E-state index is 9.06. The van der Waals surface area contributed by atoms with Gasteiger partial charge in [0.1, 0.15) is 0 Å². The average Bonchev–Trinajstić information content (AvgIpc) is 2.27. The first kappa shape index (κ1) is 12.7. The Labute approximate surface area is 107 Å². The molecule has 1 aromatic rings. The molecule has 1 aromatic carbocycles. The van der Waals surface area contributed by atoms with Crippen LogP contribution in [0, 0.1) is 0 Å². The van der Waals surface area contributed by atoms with Crippen LogP contribution in [0.5, 0.6) is 0 Å². The predicted octanol–water partition coefficient (Wildman–Crippen LogP) is 2.45. The minimum atomic E-state index is 0.0237. The van der Waals surface area contributed by atoms with E-state index >= 15 is 0 Å². The Bertz CT molecular complexity index is 387. The number of ether oxygens (including phenoxy) is 1. The minimum Gasteiger partial charge on any atom is -0.392 e. The van der Waals surface area contributed by atoms with E-state index < -0.39 is 0 Å². The number of nitrogens with zero attached hydrogens (tertiary/aromatic N) is 1. The van der Waals surface area contributed by atoms with E-state index in [1.165, 1.54) is 0 Å². The summed E-state index contributed by atoms with van der Waals surface area (Å²) in [5.41, 5.74) is 1.86. The first-order valence-corrected chi connectivity index (χ1v) is 6.27. The fraction of sp³-hybridized carbons (Fsp3) is 0.538. The molecule has 4 heteroatoms. The molecule has 0 saturated carbocycles. The summed E-state index contributed by atoms with van der Waals surface area (Å²) < 4.78 is 5.70. The van der Waals surface area contributed by atoms with Gasteiger partial charge < -0.3 is 14.7 Å². The topological polar surface area (TPSA) is 32.7 Å². The Hall–Kier alpha value is -0.770. The van der Waals surface area contributed by atoms with Crippen LogP contribution in [-0.2, 0) is 11.3 Å². The van der Waals surface area contributed by atoms with Gasteiger partial charge >= 0.3 is 0 Å². The molecule has 2 rings (SSSR count). The molecule has 0 amide bonds. The highest BCUT2D eigenvalue weighted by atomic mass is 35.5. The van der Waals surface area contributed by atoms with Gasteiger partial charge in [-0.1, -0.05) is 17.7 Å². The van der Waals surface area contributed by atoms with Gasteiger partial charge in [0.2, 0.25) is 0 Å². The zero-order chi connectivity index (χ0) is 12.4. The zero-order valence-electron chi connectivity index (χ0n) is 10.2. The molecule has 17 heavy (non-hydrogen) atoms. The van der Waals surface area contributed by atoms with Gasteiger partial charge in [0, 0.05) is 13.1 Å². The standard InChI is InChI=1S/C13H18ClNO2/c1-9-6-15(7-10(2)17-9)13-4-3-11(8-16)5-12(13)14/h3-5,9-10,16H,6-8H2,1-2H3. The zero-order valence-corrected chi connectivity index (χ0v) is 10.9. The normalized spacial score (nSPS) is 25.1. The lowest BCUT2D eigenvalue weighted by atomic mass is 10.1. The van der Waals surface area contributed by atoms with Crippen LogP contribution in [0.2, 0.25) is 5.02 Å². The highest BCUT2D eigenvalue weighted by Gasteiger charge is 2.23. The van der Waals surface area contributed by atoms with E-state index in [2.05, 4.69) is 18.7 Å². The summed E-state index contributed by atoms with van der Waals surface area (Å²) in [6.07, 6.45) is 0.430. The molecule has 1 N–H and O–H groups in total. The lowest BCUT2D eigenvalue weighted by molar-refractivity contribution is -0.00521. The van der Waals surface area contributed by atoms with Crippen molar-refractivity contribution in [2.24, 2.45) is 0 Å². The highest BCUT2D eigenvalue weighted by Crippen LogP contribution is 2.29. The molecule has 1 aliphatic heterocycles. The summed E-state index contributed by atoms with van der Waals surface area (Å²) in [7, 11) is 0. The van der Waals surface area contributed by atoms with E-state index in [0.29, 0.717) is 5.02 Å². The van der Waals surface area contributed by atoms with Crippen LogP contribution in [0.1, 0.15) is 19.4 Å². The molecule has 0 radical (unpaired) electrons. The Balaban J connectivity index is 2.21. The van der Waals surface area contributed by atoms with Crippen LogP contribution in [-0.4, -0.2) is 30.4 Å². The second kappa shape index (κ2) is 5.25. The lowest BCUT2D eigenvalue weighted by Crippen LogP contribution is -2.45. The van der Waals surface area contributed by atoms with Crippen LogP contribution < -0.4 is 4.90 Å². The van der Waals surface area contributed by atoms with Crippen molar-refractivity contribution in [3.05, 3.63) is 28.8 Å². The van der Waals surface area contributed by atoms with Crippen molar-refractivity contribution in [1.82, 2.24) is 0 Å². The van der Waals surface area contributed by atoms with Crippen LogP contribution in [0.25, 0.3) is 0 Å². The van der Waals surface area contributed by atoms with Crippen molar-refractivity contribution in [3.63, 3.8) is 0 Å². The number of anilines is 1. The number of rotatable bonds is 2. The molecule has 0 aromatic heterocycles. The molecule has 1 fully saturated rings. The highest BCUT2D eigenvalue weighted by molar-refractivity contribution is 6.33. The van der Waals surface area contributed by atoms with Crippen molar-refractivity contribution >= 4 is 17.3 Å². The molecular formula is C13H18ClNO2. The lowest BCUT2D eigenvalue weighted by Gasteiger charge is -2.37. The Kier molecular flexibility index (Phi) is 3.92. The van der Waals surface area contributed by atoms with Gasteiger partial charge in [-0.2, -0.15) is 0 Å². The SMILES string of the molecule is CC1CN(c2ccc(CO)cc2Cl)CC(C)O1. The molecule has 1 saturated heterocycles. The monoisotopic (exact) mass is 255 g/mol. The molecule has 0 spiro atoms. The molecule has 94 valence electrons. The minimum absolute atomic E-state index is 0.0237. The number of aliphatic hydroxyl groups is 1. The van der Waals surface area contributed by atoms with Crippen LogP contribution in [0.15, 0.2) is 18.2 Å². The summed E-state index contributed by atoms with van der Waals surface area (Å²) in [6.45, 7) is 5.86. The van der Waals surface area contributed by atoms with Crippen molar-refractivity contribution in [2.75, 3.05) is 18.0 Å². The molecule has 1 aliphatic rings. The Morgan fingerprint density at radius 2 is 2.00 bits per heavy atom. The molecular weight excluding hydrogens is 238 g/mol. The number of benzene rings is 1. The first-order chi connectivity index (χ1) is 8.10. The van der Waals surface area contributed by atoms with Gasteiger partial charge in [0.25, 0.3) is 0 Å². The summed E-state index contributed by atoms with van der Waals surface area (Å²) >= 11 is 6.24. The van der Waals surface area contributed by atoms with E-state index in [0.717, 1.165) is 24.3 Å². The van der Waals surface area contributed by atoms with Gasteiger partial charge in [-0.3, -0.25) is 0 Å². The van der Waals surface area contributed by atoms with E-state index in [4.69, 9.17) is 21.4 Å². The van der Waals surface area contributed by atoms with Crippen molar-refractivity contribution in [2.45, 2.75) is 32.7 Å². The van der Waals surface area contributed by atoms with Crippen LogP contribution in [0.3, 0.4) is 0 Å². The molecule has 3 nitrogen and oxygen atoms in total. The third-order valence-corrected chi connectivity index (χ3v) is 3.26. The molecule has 1 heterocycles. The number of hydrogen-bond acceptors (Lipinski definition) is 3. The van der Waals surface area contributed by atoms with E-state index in [1.54, 1.807) is 0 Å². The second-order valence-corrected chi connectivity index (χ2v) is 5.01. The maximum atomic E-state index is 9.06. The fourth-order valence-electron chi connectivity index (χ4n) is 2.28. The average molecular weight is 256 g/mol. The van der Waals surface area contributed by atoms with Crippen molar-refractivity contribution in [3.8, 4) is 0 Å². The third kappa shape index (κ3) is 2.92. The first-order valence-electron chi connectivity index (χ1n) is 5.90. The quantitative estimate of drug-likeness (QED) is 0.881. The van der Waals surface area contributed by atoms with Gasteiger partial charge in [-0.25, -0.2) is 0 Å². The maximum Gasteiger partial charge on any atom is 0.0726 e. The predicted molar refractivity (Wildman–Crippen MR) is 69.6 cm³/mol. The van der Waals surface area contributed by atoms with E-state index in [9.17, 15) is 0 Å². The van der Waals surface area contributed by atoms with Gasteiger partial charge in [-0.05, 0) is 31.5 Å². The van der Waals surface area contributed by atoms with Crippen LogP contribution in [0.4, 0.5) is 5.69 Å².